The van der Waals surface area contributed by atoms with Gasteiger partial charge in [-0.25, -0.2) is 18.0 Å². The van der Waals surface area contributed by atoms with Crippen LogP contribution in [0.4, 0.5) is 13.2 Å². The van der Waals surface area contributed by atoms with Crippen molar-refractivity contribution in [1.29, 1.82) is 0 Å². The van der Waals surface area contributed by atoms with E-state index in [0.717, 1.165) is 12.1 Å². The summed E-state index contributed by atoms with van der Waals surface area (Å²) in [5.41, 5.74) is -1.02. The molecule has 0 saturated carbocycles. The van der Waals surface area contributed by atoms with E-state index in [1.807, 2.05) is 0 Å². The van der Waals surface area contributed by atoms with Gasteiger partial charge < -0.3 is 5.11 Å². The second kappa shape index (κ2) is 4.93. The molecule has 0 saturated heterocycles. The molecular formula is C13H6ClF3O2. The number of carboxylic acids is 1. The summed E-state index contributed by atoms with van der Waals surface area (Å²) in [7, 11) is 0. The van der Waals surface area contributed by atoms with E-state index in [0.29, 0.717) is 12.1 Å². The van der Waals surface area contributed by atoms with Crippen molar-refractivity contribution in [3.8, 4) is 11.1 Å². The van der Waals surface area contributed by atoms with Crippen LogP contribution in [0.5, 0.6) is 0 Å². The first kappa shape index (κ1) is 13.4. The van der Waals surface area contributed by atoms with Gasteiger partial charge in [0.05, 0.1) is 5.56 Å². The van der Waals surface area contributed by atoms with Crippen molar-refractivity contribution in [3.05, 3.63) is 58.4 Å². The zero-order valence-corrected chi connectivity index (χ0v) is 10.0. The maximum Gasteiger partial charge on any atom is 0.338 e. The molecule has 0 aliphatic carbocycles. The number of carboxylic acid groups (broad SMARTS) is 1. The van der Waals surface area contributed by atoms with Crippen molar-refractivity contribution in [1.82, 2.24) is 0 Å². The first-order valence-corrected chi connectivity index (χ1v) is 5.45. The van der Waals surface area contributed by atoms with Crippen LogP contribution in [0.25, 0.3) is 11.1 Å². The molecule has 0 aromatic heterocycles. The number of carbonyl (C=O) groups is 1. The minimum Gasteiger partial charge on any atom is -0.478 e. The minimum absolute atomic E-state index is 0.0251. The SMILES string of the molecule is O=C(O)c1cc(F)c(-c2cc(F)cc(Cl)c2)cc1F. The molecule has 2 aromatic rings. The van der Waals surface area contributed by atoms with Gasteiger partial charge in [0.15, 0.2) is 0 Å². The minimum atomic E-state index is -1.58. The Kier molecular flexibility index (Phi) is 3.48. The first-order chi connectivity index (χ1) is 8.88. The maximum absolute atomic E-state index is 13.7. The maximum atomic E-state index is 13.7. The van der Waals surface area contributed by atoms with E-state index < -0.39 is 29.0 Å². The summed E-state index contributed by atoms with van der Waals surface area (Å²) in [6.45, 7) is 0. The monoisotopic (exact) mass is 286 g/mol. The van der Waals surface area contributed by atoms with Gasteiger partial charge in [0.1, 0.15) is 17.5 Å². The van der Waals surface area contributed by atoms with Crippen LogP contribution < -0.4 is 0 Å². The van der Waals surface area contributed by atoms with Crippen molar-refractivity contribution in [2.45, 2.75) is 0 Å². The van der Waals surface area contributed by atoms with Crippen molar-refractivity contribution < 1.29 is 23.1 Å². The van der Waals surface area contributed by atoms with Crippen molar-refractivity contribution in [3.63, 3.8) is 0 Å². The van der Waals surface area contributed by atoms with E-state index in [4.69, 9.17) is 16.7 Å². The summed E-state index contributed by atoms with van der Waals surface area (Å²) in [5.74, 6) is -4.37. The van der Waals surface area contributed by atoms with Gasteiger partial charge >= 0.3 is 5.97 Å². The van der Waals surface area contributed by atoms with Crippen LogP contribution in [0.15, 0.2) is 30.3 Å². The first-order valence-electron chi connectivity index (χ1n) is 5.07. The molecule has 0 bridgehead atoms. The fourth-order valence-corrected chi connectivity index (χ4v) is 1.86. The van der Waals surface area contributed by atoms with Gasteiger partial charge in [-0.2, -0.15) is 0 Å². The van der Waals surface area contributed by atoms with Gasteiger partial charge in [-0.3, -0.25) is 0 Å². The molecule has 2 aromatic carbocycles. The topological polar surface area (TPSA) is 37.3 Å². The Balaban J connectivity index is 2.63. The van der Waals surface area contributed by atoms with Gasteiger partial charge in [-0.15, -0.1) is 0 Å². The Bertz CT molecular complexity index is 651. The summed E-state index contributed by atoms with van der Waals surface area (Å²) >= 11 is 5.62. The third-order valence-electron chi connectivity index (χ3n) is 2.46. The number of hydrogen-bond donors (Lipinski definition) is 1. The van der Waals surface area contributed by atoms with Crippen LogP contribution in [-0.2, 0) is 0 Å². The summed E-state index contributed by atoms with van der Waals surface area (Å²) < 4.78 is 40.4. The van der Waals surface area contributed by atoms with Gasteiger partial charge in [0.2, 0.25) is 0 Å². The molecule has 2 rings (SSSR count). The van der Waals surface area contributed by atoms with E-state index in [9.17, 15) is 18.0 Å². The summed E-state index contributed by atoms with van der Waals surface area (Å²) in [6, 6.07) is 4.49. The molecule has 0 spiro atoms. The molecule has 0 radical (unpaired) electrons. The molecule has 0 aliphatic rings. The predicted molar refractivity (Wildman–Crippen MR) is 63.7 cm³/mol. The number of aromatic carboxylic acids is 1. The Morgan fingerprint density at radius 1 is 1.00 bits per heavy atom. The fourth-order valence-electron chi connectivity index (χ4n) is 1.64. The highest BCUT2D eigenvalue weighted by Crippen LogP contribution is 2.28. The molecule has 0 amide bonds. The summed E-state index contributed by atoms with van der Waals surface area (Å²) in [5, 5.41) is 8.68. The highest BCUT2D eigenvalue weighted by molar-refractivity contribution is 6.30. The lowest BCUT2D eigenvalue weighted by molar-refractivity contribution is 0.0691. The zero-order chi connectivity index (χ0) is 14.2. The molecule has 0 unspecified atom stereocenters. The number of benzene rings is 2. The molecule has 0 atom stereocenters. The molecule has 0 heterocycles. The molecule has 0 fully saturated rings. The van der Waals surface area contributed by atoms with E-state index in [1.165, 1.54) is 6.07 Å². The Labute approximate surface area is 111 Å². The second-order valence-electron chi connectivity index (χ2n) is 3.78. The number of halogens is 4. The summed E-state index contributed by atoms with van der Waals surface area (Å²) in [4.78, 5) is 10.6. The molecular weight excluding hydrogens is 281 g/mol. The van der Waals surface area contributed by atoms with E-state index in [1.54, 1.807) is 0 Å². The molecule has 19 heavy (non-hydrogen) atoms. The lowest BCUT2D eigenvalue weighted by atomic mass is 10.0. The fraction of sp³-hybridized carbons (Fsp3) is 0. The predicted octanol–water partition coefficient (Wildman–Crippen LogP) is 4.12. The zero-order valence-electron chi connectivity index (χ0n) is 9.25. The van der Waals surface area contributed by atoms with Crippen LogP contribution in [-0.4, -0.2) is 11.1 Å². The van der Waals surface area contributed by atoms with Crippen LogP contribution in [0.1, 0.15) is 10.4 Å². The van der Waals surface area contributed by atoms with Crippen LogP contribution >= 0.6 is 11.6 Å². The standard InChI is InChI=1S/C13H6ClF3O2/c14-7-1-6(2-8(15)3-7)9-4-12(17)10(13(18)19)5-11(9)16/h1-5H,(H,18,19). The average molecular weight is 287 g/mol. The van der Waals surface area contributed by atoms with Crippen molar-refractivity contribution >= 4 is 17.6 Å². The Morgan fingerprint density at radius 3 is 2.26 bits per heavy atom. The third kappa shape index (κ3) is 2.71. The smallest absolute Gasteiger partial charge is 0.338 e. The molecule has 1 N–H and O–H groups in total. The number of hydrogen-bond acceptors (Lipinski definition) is 1. The van der Waals surface area contributed by atoms with E-state index in [2.05, 4.69) is 0 Å². The van der Waals surface area contributed by atoms with Gasteiger partial charge in [0, 0.05) is 10.6 Å². The van der Waals surface area contributed by atoms with E-state index in [-0.39, 0.29) is 16.1 Å². The average Bonchev–Trinajstić information content (AvgIpc) is 2.30. The van der Waals surface area contributed by atoms with Crippen LogP contribution in [0.2, 0.25) is 5.02 Å². The van der Waals surface area contributed by atoms with Gasteiger partial charge in [0.25, 0.3) is 0 Å². The lowest BCUT2D eigenvalue weighted by Gasteiger charge is -2.07. The molecule has 0 aliphatic heterocycles. The normalized spacial score (nSPS) is 10.5. The summed E-state index contributed by atoms with van der Waals surface area (Å²) in [6.07, 6.45) is 0. The van der Waals surface area contributed by atoms with Gasteiger partial charge in [-0.05, 0) is 35.9 Å². The Hall–Kier alpha value is -2.01. The highest BCUT2D eigenvalue weighted by Gasteiger charge is 2.16. The number of rotatable bonds is 2. The molecule has 6 heteroatoms. The molecule has 2 nitrogen and oxygen atoms in total. The lowest BCUT2D eigenvalue weighted by Crippen LogP contribution is -2.02. The second-order valence-corrected chi connectivity index (χ2v) is 4.21. The molecule has 98 valence electrons. The van der Waals surface area contributed by atoms with Crippen LogP contribution in [0.3, 0.4) is 0 Å². The third-order valence-corrected chi connectivity index (χ3v) is 2.68. The quantitative estimate of drug-likeness (QED) is 0.901. The Morgan fingerprint density at radius 2 is 1.68 bits per heavy atom. The largest absolute Gasteiger partial charge is 0.478 e. The van der Waals surface area contributed by atoms with E-state index >= 15 is 0 Å². The highest BCUT2D eigenvalue weighted by atomic mass is 35.5. The van der Waals surface area contributed by atoms with Crippen molar-refractivity contribution in [2.75, 3.05) is 0 Å². The van der Waals surface area contributed by atoms with Crippen LogP contribution in [0, 0.1) is 17.5 Å². The van der Waals surface area contributed by atoms with Gasteiger partial charge in [-0.1, -0.05) is 11.6 Å². The van der Waals surface area contributed by atoms with Crippen molar-refractivity contribution in [2.24, 2.45) is 0 Å².